The predicted molar refractivity (Wildman–Crippen MR) is 36.9 cm³/mol. The number of aliphatic hydroxyl groups is 1. The third-order valence-corrected chi connectivity index (χ3v) is 2.77. The fourth-order valence-corrected chi connectivity index (χ4v) is 1.37. The quantitative estimate of drug-likeness (QED) is 0.536. The summed E-state index contributed by atoms with van der Waals surface area (Å²) < 4.78 is 0. The predicted octanol–water partition coefficient (Wildman–Crippen LogP) is 0.352. The molecule has 1 saturated carbocycles. The molecule has 2 heteroatoms. The van der Waals surface area contributed by atoms with Crippen LogP contribution in [-0.4, -0.2) is 17.8 Å². The Labute approximate surface area is 56.1 Å². The second kappa shape index (κ2) is 1.96. The monoisotopic (exact) mass is 129 g/mol. The van der Waals surface area contributed by atoms with Crippen molar-refractivity contribution in [3.63, 3.8) is 0 Å². The second-order valence-electron chi connectivity index (χ2n) is 3.54. The van der Waals surface area contributed by atoms with Gasteiger partial charge < -0.3 is 10.8 Å². The van der Waals surface area contributed by atoms with Crippen molar-refractivity contribution in [2.45, 2.75) is 26.3 Å². The molecule has 1 aliphatic rings. The third-order valence-electron chi connectivity index (χ3n) is 2.77. The zero-order valence-corrected chi connectivity index (χ0v) is 6.09. The minimum Gasteiger partial charge on any atom is -0.396 e. The number of hydrogen-bond donors (Lipinski definition) is 2. The van der Waals surface area contributed by atoms with Crippen molar-refractivity contribution in [2.75, 3.05) is 6.61 Å². The molecular formula is C7H15NO. The Morgan fingerprint density at radius 3 is 2.33 bits per heavy atom. The number of rotatable bonds is 1. The van der Waals surface area contributed by atoms with E-state index in [1.165, 1.54) is 0 Å². The Bertz CT molecular complexity index is 111. The first-order valence-electron chi connectivity index (χ1n) is 3.45. The van der Waals surface area contributed by atoms with Crippen molar-refractivity contribution in [3.8, 4) is 0 Å². The van der Waals surface area contributed by atoms with E-state index in [2.05, 4.69) is 13.8 Å². The van der Waals surface area contributed by atoms with E-state index in [-0.39, 0.29) is 5.41 Å². The summed E-state index contributed by atoms with van der Waals surface area (Å²) in [5, 5.41) is 8.78. The molecule has 0 aromatic heterocycles. The van der Waals surface area contributed by atoms with Gasteiger partial charge in [-0.25, -0.2) is 0 Å². The Kier molecular flexibility index (Phi) is 1.53. The van der Waals surface area contributed by atoms with Gasteiger partial charge >= 0.3 is 0 Å². The average molecular weight is 129 g/mol. The molecule has 2 nitrogen and oxygen atoms in total. The van der Waals surface area contributed by atoms with Crippen LogP contribution < -0.4 is 5.73 Å². The molecule has 1 aliphatic carbocycles. The molecule has 0 heterocycles. The lowest BCUT2D eigenvalue weighted by Gasteiger charge is -2.49. The van der Waals surface area contributed by atoms with E-state index < -0.39 is 0 Å². The zero-order valence-electron chi connectivity index (χ0n) is 6.09. The minimum atomic E-state index is 0.175. The van der Waals surface area contributed by atoms with Crippen LogP contribution in [-0.2, 0) is 0 Å². The molecule has 9 heavy (non-hydrogen) atoms. The first kappa shape index (κ1) is 7.03. The molecule has 2 atom stereocenters. The smallest absolute Gasteiger partial charge is 0.0465 e. The number of nitrogens with two attached hydrogens (primary N) is 1. The van der Waals surface area contributed by atoms with E-state index in [4.69, 9.17) is 10.8 Å². The van der Waals surface area contributed by atoms with Crippen LogP contribution in [0.3, 0.4) is 0 Å². The van der Waals surface area contributed by atoms with E-state index in [1.54, 1.807) is 0 Å². The SMILES string of the molecule is CC1(C)[C@@H](CO)C[C@H]1N. The molecule has 3 N–H and O–H groups in total. The van der Waals surface area contributed by atoms with Crippen molar-refractivity contribution in [1.82, 2.24) is 0 Å². The summed E-state index contributed by atoms with van der Waals surface area (Å²) in [6.07, 6.45) is 0.990. The standard InChI is InChI=1S/C7H15NO/c1-7(2)5(4-9)3-6(7)8/h5-6,9H,3-4,8H2,1-2H3/t5-,6-/m1/s1. The molecule has 0 radical (unpaired) electrons. The van der Waals surface area contributed by atoms with Gasteiger partial charge in [0.15, 0.2) is 0 Å². The van der Waals surface area contributed by atoms with Crippen LogP contribution in [0.4, 0.5) is 0 Å². The normalized spacial score (nSPS) is 40.0. The van der Waals surface area contributed by atoms with Crippen LogP contribution in [0.5, 0.6) is 0 Å². The summed E-state index contributed by atoms with van der Waals surface area (Å²) in [6, 6.07) is 0.301. The lowest BCUT2D eigenvalue weighted by Crippen LogP contribution is -2.55. The van der Waals surface area contributed by atoms with Crippen LogP contribution in [0, 0.1) is 11.3 Å². The van der Waals surface area contributed by atoms with E-state index >= 15 is 0 Å². The largest absolute Gasteiger partial charge is 0.396 e. The third kappa shape index (κ3) is 0.864. The van der Waals surface area contributed by atoms with Crippen LogP contribution in [0.2, 0.25) is 0 Å². The lowest BCUT2D eigenvalue weighted by molar-refractivity contribution is -0.00464. The van der Waals surface area contributed by atoms with Gasteiger partial charge in [0.2, 0.25) is 0 Å². The lowest BCUT2D eigenvalue weighted by atomic mass is 9.59. The summed E-state index contributed by atoms with van der Waals surface area (Å²) in [7, 11) is 0. The highest BCUT2D eigenvalue weighted by molar-refractivity contribution is 4.98. The van der Waals surface area contributed by atoms with Crippen molar-refractivity contribution >= 4 is 0 Å². The molecule has 0 aliphatic heterocycles. The van der Waals surface area contributed by atoms with Crippen LogP contribution in [0.25, 0.3) is 0 Å². The van der Waals surface area contributed by atoms with Gasteiger partial charge in [0, 0.05) is 12.6 Å². The van der Waals surface area contributed by atoms with Crippen LogP contribution in [0.15, 0.2) is 0 Å². The van der Waals surface area contributed by atoms with Gasteiger partial charge in [0.25, 0.3) is 0 Å². The van der Waals surface area contributed by atoms with E-state index in [9.17, 15) is 0 Å². The van der Waals surface area contributed by atoms with Gasteiger partial charge in [-0.3, -0.25) is 0 Å². The highest BCUT2D eigenvalue weighted by atomic mass is 16.3. The molecule has 54 valence electrons. The van der Waals surface area contributed by atoms with Crippen molar-refractivity contribution < 1.29 is 5.11 Å². The number of aliphatic hydroxyl groups excluding tert-OH is 1. The first-order chi connectivity index (χ1) is 4.09. The fraction of sp³-hybridized carbons (Fsp3) is 1.00. The second-order valence-corrected chi connectivity index (χ2v) is 3.54. The highest BCUT2D eigenvalue weighted by Crippen LogP contribution is 2.44. The molecule has 0 amide bonds. The topological polar surface area (TPSA) is 46.2 Å². The van der Waals surface area contributed by atoms with Crippen molar-refractivity contribution in [1.29, 1.82) is 0 Å². The summed E-state index contributed by atoms with van der Waals surface area (Å²) in [5.74, 6) is 0.437. The van der Waals surface area contributed by atoms with Crippen molar-refractivity contribution in [3.05, 3.63) is 0 Å². The molecule has 0 aromatic carbocycles. The summed E-state index contributed by atoms with van der Waals surface area (Å²) in [6.45, 7) is 4.52. The van der Waals surface area contributed by atoms with Crippen LogP contribution in [0.1, 0.15) is 20.3 Å². The van der Waals surface area contributed by atoms with Crippen molar-refractivity contribution in [2.24, 2.45) is 17.1 Å². The zero-order chi connectivity index (χ0) is 7.07. The Morgan fingerprint density at radius 1 is 1.67 bits per heavy atom. The maximum Gasteiger partial charge on any atom is 0.0465 e. The molecule has 0 bridgehead atoms. The molecular weight excluding hydrogens is 114 g/mol. The van der Waals surface area contributed by atoms with Gasteiger partial charge in [0.05, 0.1) is 0 Å². The molecule has 0 spiro atoms. The van der Waals surface area contributed by atoms with Gasteiger partial charge in [0.1, 0.15) is 0 Å². The molecule has 1 rings (SSSR count). The summed E-state index contributed by atoms with van der Waals surface area (Å²) >= 11 is 0. The molecule has 0 aromatic rings. The molecule has 1 fully saturated rings. The van der Waals surface area contributed by atoms with E-state index in [0.29, 0.717) is 18.6 Å². The molecule has 0 saturated heterocycles. The molecule has 0 unspecified atom stereocenters. The Hall–Kier alpha value is -0.0800. The minimum absolute atomic E-state index is 0.175. The highest BCUT2D eigenvalue weighted by Gasteiger charge is 2.45. The van der Waals surface area contributed by atoms with Crippen LogP contribution >= 0.6 is 0 Å². The summed E-state index contributed by atoms with van der Waals surface area (Å²) in [5.41, 5.74) is 5.89. The Morgan fingerprint density at radius 2 is 2.22 bits per heavy atom. The summed E-state index contributed by atoms with van der Waals surface area (Å²) in [4.78, 5) is 0. The fourth-order valence-electron chi connectivity index (χ4n) is 1.37. The van der Waals surface area contributed by atoms with Gasteiger partial charge in [-0.1, -0.05) is 13.8 Å². The van der Waals surface area contributed by atoms with Gasteiger partial charge in [-0.15, -0.1) is 0 Å². The van der Waals surface area contributed by atoms with E-state index in [1.807, 2.05) is 0 Å². The van der Waals surface area contributed by atoms with Gasteiger partial charge in [-0.2, -0.15) is 0 Å². The Balaban J connectivity index is 2.48. The maximum absolute atomic E-state index is 8.78. The number of hydrogen-bond acceptors (Lipinski definition) is 2. The first-order valence-corrected chi connectivity index (χ1v) is 3.45. The average Bonchev–Trinajstić information content (AvgIpc) is 1.82. The van der Waals surface area contributed by atoms with Gasteiger partial charge in [-0.05, 0) is 17.8 Å². The van der Waals surface area contributed by atoms with E-state index in [0.717, 1.165) is 6.42 Å². The maximum atomic E-state index is 8.78.